The summed E-state index contributed by atoms with van der Waals surface area (Å²) in [6.45, 7) is 3.99. The van der Waals surface area contributed by atoms with E-state index in [-0.39, 0.29) is 19.8 Å². The highest BCUT2D eigenvalue weighted by atomic mass is 16.5. The van der Waals surface area contributed by atoms with Gasteiger partial charge in [-0.2, -0.15) is 0 Å². The van der Waals surface area contributed by atoms with Crippen LogP contribution < -0.4 is 0 Å². The number of aryl methyl sites for hydroxylation is 2. The van der Waals surface area contributed by atoms with Crippen LogP contribution in [-0.4, -0.2) is 24.2 Å². The Morgan fingerprint density at radius 2 is 1.21 bits per heavy atom. The molecule has 130 valence electrons. The van der Waals surface area contributed by atoms with Crippen LogP contribution in [0.25, 0.3) is 0 Å². The summed E-state index contributed by atoms with van der Waals surface area (Å²) >= 11 is 0. The van der Waals surface area contributed by atoms with Gasteiger partial charge in [0.2, 0.25) is 0 Å². The average Bonchev–Trinajstić information content (AvgIpc) is 2.52. The van der Waals surface area contributed by atoms with Gasteiger partial charge in [0.15, 0.2) is 0 Å². The number of benzene rings is 2. The number of ether oxygens (including phenoxy) is 1. The van der Waals surface area contributed by atoms with Crippen LogP contribution in [0.1, 0.15) is 29.7 Å². The van der Waals surface area contributed by atoms with Crippen molar-refractivity contribution in [1.82, 2.24) is 0 Å². The van der Waals surface area contributed by atoms with E-state index in [1.807, 2.05) is 62.4 Å². The molecule has 0 heterocycles. The van der Waals surface area contributed by atoms with E-state index >= 15 is 0 Å². The highest BCUT2D eigenvalue weighted by molar-refractivity contribution is 5.72. The standard InChI is InChI=1S/C10H12O2.C9H10O2.CH4/c1-8-3-5-9(6-4-8)7-10(11)12-2;1-7-2-4-8(5-3-7)6-9(10)11;/h3-6H,7H2,1-2H3;2-5H,6H2,1H3,(H,10,11);1H4. The van der Waals surface area contributed by atoms with Crippen LogP contribution in [0, 0.1) is 13.8 Å². The molecule has 0 amide bonds. The van der Waals surface area contributed by atoms with E-state index in [0.29, 0.717) is 6.42 Å². The predicted octanol–water partition coefficient (Wildman–Crippen LogP) is 3.97. The van der Waals surface area contributed by atoms with Crippen LogP contribution in [0.15, 0.2) is 48.5 Å². The molecular formula is C20H26O4. The zero-order chi connectivity index (χ0) is 17.2. The molecule has 1 N–H and O–H groups in total. The summed E-state index contributed by atoms with van der Waals surface area (Å²) in [6, 6.07) is 15.3. The molecule has 4 heteroatoms. The molecule has 0 saturated carbocycles. The molecule has 0 aromatic heterocycles. The molecule has 0 bridgehead atoms. The zero-order valence-electron chi connectivity index (χ0n) is 13.7. The molecule has 0 aliphatic rings. The molecule has 0 spiro atoms. The molecule has 0 aliphatic carbocycles. The lowest BCUT2D eigenvalue weighted by Crippen LogP contribution is -2.03. The van der Waals surface area contributed by atoms with Crippen LogP contribution >= 0.6 is 0 Å². The maximum atomic E-state index is 10.8. The monoisotopic (exact) mass is 330 g/mol. The number of carbonyl (C=O) groups excluding carboxylic acids is 1. The molecule has 2 aromatic carbocycles. The minimum Gasteiger partial charge on any atom is -0.481 e. The van der Waals surface area contributed by atoms with Gasteiger partial charge in [-0.3, -0.25) is 9.59 Å². The molecule has 4 nitrogen and oxygen atoms in total. The maximum absolute atomic E-state index is 10.8. The van der Waals surface area contributed by atoms with Gasteiger partial charge in [0.25, 0.3) is 0 Å². The molecule has 24 heavy (non-hydrogen) atoms. The first-order valence-corrected chi connectivity index (χ1v) is 7.30. The lowest BCUT2D eigenvalue weighted by molar-refractivity contribution is -0.140. The van der Waals surface area contributed by atoms with E-state index in [2.05, 4.69) is 4.74 Å². The molecule has 2 rings (SSSR count). The van der Waals surface area contributed by atoms with Crippen molar-refractivity contribution in [2.75, 3.05) is 7.11 Å². The first-order chi connectivity index (χ1) is 10.9. The molecular weight excluding hydrogens is 304 g/mol. The number of hydrogen-bond acceptors (Lipinski definition) is 3. The summed E-state index contributed by atoms with van der Waals surface area (Å²) in [6.07, 6.45) is 0.469. The van der Waals surface area contributed by atoms with Gasteiger partial charge in [0.1, 0.15) is 0 Å². The van der Waals surface area contributed by atoms with Crippen LogP contribution in [0.3, 0.4) is 0 Å². The highest BCUT2D eigenvalue weighted by Crippen LogP contribution is 2.04. The Morgan fingerprint density at radius 1 is 0.833 bits per heavy atom. The fourth-order valence-electron chi connectivity index (χ4n) is 1.83. The van der Waals surface area contributed by atoms with Crippen LogP contribution in [0.5, 0.6) is 0 Å². The SMILES string of the molecule is C.COC(=O)Cc1ccc(C)cc1.Cc1ccc(CC(=O)O)cc1. The van der Waals surface area contributed by atoms with Crippen molar-refractivity contribution in [3.8, 4) is 0 Å². The van der Waals surface area contributed by atoms with E-state index in [9.17, 15) is 9.59 Å². The number of carboxylic acid groups (broad SMARTS) is 1. The topological polar surface area (TPSA) is 63.6 Å². The van der Waals surface area contributed by atoms with Crippen molar-refractivity contribution >= 4 is 11.9 Å². The van der Waals surface area contributed by atoms with Crippen molar-refractivity contribution in [2.45, 2.75) is 34.1 Å². The summed E-state index contributed by atoms with van der Waals surface area (Å²) in [5.41, 5.74) is 4.19. The van der Waals surface area contributed by atoms with Crippen LogP contribution in [-0.2, 0) is 27.2 Å². The zero-order valence-corrected chi connectivity index (χ0v) is 13.7. The third-order valence-corrected chi connectivity index (χ3v) is 3.17. The van der Waals surface area contributed by atoms with Crippen molar-refractivity contribution in [1.29, 1.82) is 0 Å². The minimum absolute atomic E-state index is 0. The largest absolute Gasteiger partial charge is 0.481 e. The second-order valence-corrected chi connectivity index (χ2v) is 5.29. The number of methoxy groups -OCH3 is 1. The first-order valence-electron chi connectivity index (χ1n) is 7.30. The summed E-state index contributed by atoms with van der Waals surface area (Å²) in [5.74, 6) is -0.979. The first kappa shape index (κ1) is 21.4. The van der Waals surface area contributed by atoms with E-state index in [0.717, 1.165) is 16.7 Å². The summed E-state index contributed by atoms with van der Waals surface area (Å²) in [7, 11) is 1.40. The van der Waals surface area contributed by atoms with Crippen molar-refractivity contribution < 1.29 is 19.4 Å². The maximum Gasteiger partial charge on any atom is 0.309 e. The lowest BCUT2D eigenvalue weighted by Gasteiger charge is -1.99. The summed E-state index contributed by atoms with van der Waals surface area (Å²) < 4.78 is 4.55. The van der Waals surface area contributed by atoms with E-state index < -0.39 is 5.97 Å². The summed E-state index contributed by atoms with van der Waals surface area (Å²) in [5, 5.41) is 8.44. The van der Waals surface area contributed by atoms with Crippen LogP contribution in [0.4, 0.5) is 0 Å². The Labute approximate surface area is 144 Å². The fraction of sp³-hybridized carbons (Fsp3) is 0.300. The Balaban J connectivity index is 0.000000425. The molecule has 0 radical (unpaired) electrons. The predicted molar refractivity (Wildman–Crippen MR) is 96.1 cm³/mol. The highest BCUT2D eigenvalue weighted by Gasteiger charge is 2.01. The Morgan fingerprint density at radius 3 is 1.54 bits per heavy atom. The average molecular weight is 330 g/mol. The van der Waals surface area contributed by atoms with Gasteiger partial charge < -0.3 is 9.84 Å². The van der Waals surface area contributed by atoms with Gasteiger partial charge in [-0.15, -0.1) is 0 Å². The third kappa shape index (κ3) is 8.73. The van der Waals surface area contributed by atoms with E-state index in [1.165, 1.54) is 12.7 Å². The van der Waals surface area contributed by atoms with E-state index in [1.54, 1.807) is 0 Å². The fourth-order valence-corrected chi connectivity index (χ4v) is 1.83. The van der Waals surface area contributed by atoms with Gasteiger partial charge in [-0.1, -0.05) is 67.1 Å². The molecule has 0 aliphatic heterocycles. The smallest absolute Gasteiger partial charge is 0.309 e. The number of rotatable bonds is 4. The van der Waals surface area contributed by atoms with Crippen molar-refractivity contribution in [3.05, 3.63) is 70.8 Å². The van der Waals surface area contributed by atoms with Gasteiger partial charge in [0, 0.05) is 0 Å². The van der Waals surface area contributed by atoms with E-state index in [4.69, 9.17) is 5.11 Å². The van der Waals surface area contributed by atoms with Gasteiger partial charge >= 0.3 is 11.9 Å². The molecule has 0 saturated heterocycles. The minimum atomic E-state index is -0.783. The number of aliphatic carboxylic acids is 1. The number of esters is 1. The van der Waals surface area contributed by atoms with Crippen molar-refractivity contribution in [3.63, 3.8) is 0 Å². The molecule has 0 atom stereocenters. The number of carbonyl (C=O) groups is 2. The van der Waals surface area contributed by atoms with Crippen molar-refractivity contribution in [2.24, 2.45) is 0 Å². The lowest BCUT2D eigenvalue weighted by atomic mass is 10.1. The Hall–Kier alpha value is -2.62. The third-order valence-electron chi connectivity index (χ3n) is 3.17. The quantitative estimate of drug-likeness (QED) is 0.862. The molecule has 0 unspecified atom stereocenters. The van der Waals surface area contributed by atoms with Gasteiger partial charge in [-0.05, 0) is 25.0 Å². The van der Waals surface area contributed by atoms with Gasteiger partial charge in [-0.25, -0.2) is 0 Å². The number of hydrogen-bond donors (Lipinski definition) is 1. The van der Waals surface area contributed by atoms with Crippen LogP contribution in [0.2, 0.25) is 0 Å². The second kappa shape index (κ2) is 11.0. The summed E-state index contributed by atoms with van der Waals surface area (Å²) in [4.78, 5) is 21.1. The Kier molecular flexibility index (Phi) is 9.80. The second-order valence-electron chi connectivity index (χ2n) is 5.29. The molecule has 0 fully saturated rings. The normalized spacial score (nSPS) is 9.12. The molecule has 2 aromatic rings. The van der Waals surface area contributed by atoms with Gasteiger partial charge in [0.05, 0.1) is 20.0 Å². The Bertz CT molecular complexity index is 628. The number of carboxylic acids is 1.